The molecule has 2 aliphatic rings. The number of benzene rings is 1. The van der Waals surface area contributed by atoms with E-state index in [0.29, 0.717) is 12.3 Å². The lowest BCUT2D eigenvalue weighted by Crippen LogP contribution is -2.34. The second-order valence-corrected chi connectivity index (χ2v) is 6.97. The van der Waals surface area contributed by atoms with E-state index in [2.05, 4.69) is 10.6 Å². The third kappa shape index (κ3) is 3.77. The Kier molecular flexibility index (Phi) is 4.80. The van der Waals surface area contributed by atoms with E-state index in [4.69, 9.17) is 0 Å². The third-order valence-corrected chi connectivity index (χ3v) is 5.40. The van der Waals surface area contributed by atoms with Crippen LogP contribution in [0.3, 0.4) is 0 Å². The van der Waals surface area contributed by atoms with Gasteiger partial charge >= 0.3 is 0 Å². The molecule has 1 amide bonds. The zero-order valence-corrected chi connectivity index (χ0v) is 12.8. The van der Waals surface area contributed by atoms with Crippen LogP contribution in [0.15, 0.2) is 23.1 Å². The number of carbonyl (C=O) groups is 1. The second-order valence-electron chi connectivity index (χ2n) is 5.84. The van der Waals surface area contributed by atoms with Crippen molar-refractivity contribution >= 4 is 17.7 Å². The Morgan fingerprint density at radius 3 is 2.95 bits per heavy atom. The highest BCUT2D eigenvalue weighted by molar-refractivity contribution is 7.99. The van der Waals surface area contributed by atoms with Gasteiger partial charge in [-0.05, 0) is 62.0 Å². The number of carbonyl (C=O) groups excluding carboxylic acids is 1. The summed E-state index contributed by atoms with van der Waals surface area (Å²) >= 11 is 1.74. The molecular weight excluding hydrogens is 287 g/mol. The van der Waals surface area contributed by atoms with Crippen LogP contribution in [0, 0.1) is 11.7 Å². The summed E-state index contributed by atoms with van der Waals surface area (Å²) in [6, 6.07) is 4.84. The predicted octanol–water partition coefficient (Wildman–Crippen LogP) is 2.87. The lowest BCUT2D eigenvalue weighted by Gasteiger charge is -2.27. The third-order valence-electron chi connectivity index (χ3n) is 4.28. The number of piperidine rings is 1. The van der Waals surface area contributed by atoms with Gasteiger partial charge in [-0.2, -0.15) is 0 Å². The number of amides is 1. The van der Waals surface area contributed by atoms with Crippen molar-refractivity contribution in [2.24, 2.45) is 5.92 Å². The molecule has 1 aromatic carbocycles. The molecule has 2 heterocycles. The van der Waals surface area contributed by atoms with Crippen molar-refractivity contribution in [1.82, 2.24) is 10.6 Å². The van der Waals surface area contributed by atoms with Gasteiger partial charge in [-0.3, -0.25) is 4.79 Å². The zero-order valence-electron chi connectivity index (χ0n) is 12.0. The highest BCUT2D eigenvalue weighted by atomic mass is 32.2. The number of rotatable bonds is 3. The molecule has 5 heteroatoms. The van der Waals surface area contributed by atoms with E-state index >= 15 is 0 Å². The van der Waals surface area contributed by atoms with Gasteiger partial charge in [0.1, 0.15) is 5.82 Å². The zero-order chi connectivity index (χ0) is 14.7. The maximum atomic E-state index is 13.4. The second kappa shape index (κ2) is 6.79. The summed E-state index contributed by atoms with van der Waals surface area (Å²) < 4.78 is 13.4. The van der Waals surface area contributed by atoms with Crippen LogP contribution >= 0.6 is 11.8 Å². The monoisotopic (exact) mass is 308 g/mol. The van der Waals surface area contributed by atoms with Crippen molar-refractivity contribution in [1.29, 1.82) is 0 Å². The van der Waals surface area contributed by atoms with E-state index < -0.39 is 0 Å². The Balaban J connectivity index is 1.63. The van der Waals surface area contributed by atoms with E-state index in [-0.39, 0.29) is 17.8 Å². The van der Waals surface area contributed by atoms with Crippen LogP contribution in [-0.4, -0.2) is 24.7 Å². The van der Waals surface area contributed by atoms with Crippen LogP contribution in [0.5, 0.6) is 0 Å². The molecule has 2 N–H and O–H groups in total. The molecule has 0 spiro atoms. The van der Waals surface area contributed by atoms with Crippen molar-refractivity contribution in [2.75, 3.05) is 18.8 Å². The van der Waals surface area contributed by atoms with Crippen molar-refractivity contribution in [3.8, 4) is 0 Å². The van der Waals surface area contributed by atoms with Gasteiger partial charge in [0, 0.05) is 17.1 Å². The molecule has 1 aromatic rings. The fourth-order valence-corrected chi connectivity index (χ4v) is 4.22. The first-order valence-corrected chi connectivity index (χ1v) is 8.63. The maximum Gasteiger partial charge on any atom is 0.220 e. The molecule has 0 saturated carbocycles. The number of halogens is 1. The molecule has 1 unspecified atom stereocenters. The molecule has 3 nitrogen and oxygen atoms in total. The van der Waals surface area contributed by atoms with Crippen LogP contribution in [0.2, 0.25) is 0 Å². The normalized spacial score (nSPS) is 22.6. The van der Waals surface area contributed by atoms with Crippen LogP contribution in [0.25, 0.3) is 0 Å². The molecule has 0 radical (unpaired) electrons. The van der Waals surface area contributed by atoms with E-state index in [1.165, 1.54) is 6.07 Å². The van der Waals surface area contributed by atoms with Crippen molar-refractivity contribution in [2.45, 2.75) is 36.6 Å². The van der Waals surface area contributed by atoms with Gasteiger partial charge in [0.2, 0.25) is 5.91 Å². The summed E-state index contributed by atoms with van der Waals surface area (Å²) in [6.07, 6.45) is 3.60. The summed E-state index contributed by atoms with van der Waals surface area (Å²) in [5.41, 5.74) is 0.935. The number of hydrogen-bond donors (Lipinski definition) is 2. The lowest BCUT2D eigenvalue weighted by molar-refractivity contribution is -0.123. The number of hydrogen-bond acceptors (Lipinski definition) is 3. The first-order chi connectivity index (χ1) is 10.2. The molecule has 0 aromatic heterocycles. The van der Waals surface area contributed by atoms with Crippen molar-refractivity contribution in [3.05, 3.63) is 29.6 Å². The minimum atomic E-state index is -0.228. The lowest BCUT2D eigenvalue weighted by atomic mass is 9.94. The summed E-state index contributed by atoms with van der Waals surface area (Å²) in [4.78, 5) is 13.3. The van der Waals surface area contributed by atoms with Gasteiger partial charge in [-0.25, -0.2) is 4.39 Å². The fraction of sp³-hybridized carbons (Fsp3) is 0.562. The van der Waals surface area contributed by atoms with Gasteiger partial charge in [0.25, 0.3) is 0 Å². The number of thioether (sulfide) groups is 1. The van der Waals surface area contributed by atoms with Gasteiger partial charge < -0.3 is 10.6 Å². The minimum Gasteiger partial charge on any atom is -0.349 e. The molecule has 0 aliphatic carbocycles. The molecule has 1 saturated heterocycles. The van der Waals surface area contributed by atoms with E-state index in [1.807, 2.05) is 6.07 Å². The Morgan fingerprint density at radius 1 is 1.33 bits per heavy atom. The van der Waals surface area contributed by atoms with Gasteiger partial charge in [0.15, 0.2) is 0 Å². The quantitative estimate of drug-likeness (QED) is 0.902. The van der Waals surface area contributed by atoms with E-state index in [0.717, 1.165) is 48.6 Å². The van der Waals surface area contributed by atoms with Gasteiger partial charge in [-0.1, -0.05) is 0 Å². The topological polar surface area (TPSA) is 41.1 Å². The highest BCUT2D eigenvalue weighted by Gasteiger charge is 2.24. The summed E-state index contributed by atoms with van der Waals surface area (Å²) in [5, 5.41) is 6.42. The Morgan fingerprint density at radius 2 is 2.14 bits per heavy atom. The summed E-state index contributed by atoms with van der Waals surface area (Å²) in [6.45, 7) is 2.01. The average molecular weight is 308 g/mol. The van der Waals surface area contributed by atoms with Gasteiger partial charge in [-0.15, -0.1) is 11.8 Å². The molecule has 3 rings (SSSR count). The summed E-state index contributed by atoms with van der Waals surface area (Å²) in [5.74, 6) is 1.33. The molecule has 2 aliphatic heterocycles. The van der Waals surface area contributed by atoms with Crippen molar-refractivity contribution in [3.63, 3.8) is 0 Å². The smallest absolute Gasteiger partial charge is 0.220 e. The largest absolute Gasteiger partial charge is 0.349 e. The van der Waals surface area contributed by atoms with Crippen LogP contribution in [-0.2, 0) is 4.79 Å². The standard InChI is InChI=1S/C16H21FN2OS/c17-12-1-2-15-13(10-12)14(5-8-21-15)19-16(20)9-11-3-6-18-7-4-11/h1-2,10-11,14,18H,3-9H2,(H,19,20). The van der Waals surface area contributed by atoms with E-state index in [9.17, 15) is 9.18 Å². The average Bonchev–Trinajstić information content (AvgIpc) is 2.49. The van der Waals surface area contributed by atoms with Crippen LogP contribution < -0.4 is 10.6 Å². The molecule has 0 bridgehead atoms. The highest BCUT2D eigenvalue weighted by Crippen LogP contribution is 2.36. The van der Waals surface area contributed by atoms with Crippen molar-refractivity contribution < 1.29 is 9.18 Å². The molecular formula is C16H21FN2OS. The first kappa shape index (κ1) is 14.9. The minimum absolute atomic E-state index is 0.0360. The SMILES string of the molecule is O=C(CC1CCNCC1)NC1CCSc2ccc(F)cc21. The molecule has 114 valence electrons. The Labute approximate surface area is 129 Å². The van der Waals surface area contributed by atoms with Crippen LogP contribution in [0.1, 0.15) is 37.3 Å². The fourth-order valence-electron chi connectivity index (χ4n) is 3.12. The number of fused-ring (bicyclic) bond motifs is 1. The Bertz CT molecular complexity index is 517. The maximum absolute atomic E-state index is 13.4. The van der Waals surface area contributed by atoms with E-state index in [1.54, 1.807) is 17.8 Å². The van der Waals surface area contributed by atoms with Gasteiger partial charge in [0.05, 0.1) is 6.04 Å². The Hall–Kier alpha value is -1.07. The predicted molar refractivity (Wildman–Crippen MR) is 82.8 cm³/mol. The first-order valence-electron chi connectivity index (χ1n) is 7.64. The molecule has 1 atom stereocenters. The molecule has 1 fully saturated rings. The summed E-state index contributed by atoms with van der Waals surface area (Å²) in [7, 11) is 0. The number of nitrogens with one attached hydrogen (secondary N) is 2. The molecule has 21 heavy (non-hydrogen) atoms. The van der Waals surface area contributed by atoms with Crippen LogP contribution in [0.4, 0.5) is 4.39 Å².